The molecule has 11 heavy (non-hydrogen) atoms. The Kier molecular flexibility index (Phi) is 2.62. The topological polar surface area (TPSA) is 46.3 Å². The van der Waals surface area contributed by atoms with Crippen LogP contribution in [0.25, 0.3) is 0 Å². The van der Waals surface area contributed by atoms with Gasteiger partial charge in [0.1, 0.15) is 0 Å². The molecule has 0 spiro atoms. The zero-order valence-electron chi connectivity index (χ0n) is 5.70. The highest BCUT2D eigenvalue weighted by Gasteiger charge is 2.07. The number of benzene rings is 1. The third-order valence-electron chi connectivity index (χ3n) is 1.21. The molecule has 0 aromatic heterocycles. The Bertz CT molecular complexity index is 248. The molecule has 0 heterocycles. The average molecular weight is 215 g/mol. The first-order chi connectivity index (χ1) is 5.22. The predicted octanol–water partition coefficient (Wildman–Crippen LogP) is 1.31. The summed E-state index contributed by atoms with van der Waals surface area (Å²) in [6.45, 7) is 0. The number of carbonyl (C=O) groups excluding carboxylic acids is 1. The molecule has 1 aromatic carbocycles. The van der Waals surface area contributed by atoms with E-state index in [9.17, 15) is 4.79 Å². The second kappa shape index (κ2) is 3.50. The Morgan fingerprint density at radius 1 is 1.36 bits per heavy atom. The van der Waals surface area contributed by atoms with Crippen LogP contribution in [0.15, 0.2) is 30.3 Å². The summed E-state index contributed by atoms with van der Waals surface area (Å²) in [7, 11) is 0. The highest BCUT2D eigenvalue weighted by atomic mass is 79.9. The molecule has 4 heteroatoms. The molecule has 1 rings (SSSR count). The van der Waals surface area contributed by atoms with Gasteiger partial charge in [0.25, 0.3) is 5.91 Å². The highest BCUT2D eigenvalue weighted by molar-refractivity contribution is 9.07. The van der Waals surface area contributed by atoms with E-state index in [1.807, 2.05) is 6.07 Å². The largest absolute Gasteiger partial charge is 0.278 e. The molecule has 1 aromatic rings. The van der Waals surface area contributed by atoms with Gasteiger partial charge in [0.15, 0.2) is 0 Å². The fourth-order valence-corrected chi connectivity index (χ4v) is 0.909. The minimum Gasteiger partial charge on any atom is -0.267 e. The first kappa shape index (κ1) is 8.23. The van der Waals surface area contributed by atoms with Crippen LogP contribution in [-0.2, 0) is 0 Å². The molecular weight excluding hydrogens is 208 g/mol. The van der Waals surface area contributed by atoms with Gasteiger partial charge in [0, 0.05) is 5.56 Å². The van der Waals surface area contributed by atoms with Crippen LogP contribution in [0, 0.1) is 0 Å². The fraction of sp³-hybridized carbons (Fsp3) is 0. The van der Waals surface area contributed by atoms with Crippen molar-refractivity contribution in [3.63, 3.8) is 0 Å². The van der Waals surface area contributed by atoms with Crippen LogP contribution in [0.1, 0.15) is 10.4 Å². The van der Waals surface area contributed by atoms with Crippen molar-refractivity contribution in [1.82, 2.24) is 4.03 Å². The number of rotatable bonds is 1. The maximum absolute atomic E-state index is 11.1. The van der Waals surface area contributed by atoms with Gasteiger partial charge in [-0.1, -0.05) is 18.2 Å². The average Bonchev–Trinajstić information content (AvgIpc) is 2.05. The molecule has 0 atom stereocenters. The highest BCUT2D eigenvalue weighted by Crippen LogP contribution is 2.03. The summed E-state index contributed by atoms with van der Waals surface area (Å²) in [5.41, 5.74) is 0.562. The minimum absolute atomic E-state index is 0.259. The lowest BCUT2D eigenvalue weighted by Crippen LogP contribution is -2.27. The van der Waals surface area contributed by atoms with Crippen LogP contribution in [0.4, 0.5) is 0 Å². The van der Waals surface area contributed by atoms with Crippen molar-refractivity contribution in [2.24, 2.45) is 5.84 Å². The maximum Gasteiger partial charge on any atom is 0.278 e. The Hall–Kier alpha value is -0.870. The second-order valence-corrected chi connectivity index (χ2v) is 2.75. The van der Waals surface area contributed by atoms with Gasteiger partial charge in [-0.2, -0.15) is 0 Å². The standard InChI is InChI=1S/C7H7BrN2O/c8-10(9)7(11)6-4-2-1-3-5-6/h1-5H,9H2. The lowest BCUT2D eigenvalue weighted by Gasteiger charge is -2.05. The van der Waals surface area contributed by atoms with Crippen LogP contribution in [0.5, 0.6) is 0 Å². The van der Waals surface area contributed by atoms with E-state index in [4.69, 9.17) is 5.84 Å². The Balaban J connectivity index is 2.86. The summed E-state index contributed by atoms with van der Waals surface area (Å²) in [5.74, 6) is 4.91. The lowest BCUT2D eigenvalue weighted by molar-refractivity contribution is 0.0879. The number of nitrogens with two attached hydrogens (primary N) is 1. The van der Waals surface area contributed by atoms with Crippen molar-refractivity contribution in [1.29, 1.82) is 0 Å². The Labute approximate surface area is 73.1 Å². The van der Waals surface area contributed by atoms with Gasteiger partial charge in [-0.3, -0.25) is 4.79 Å². The van der Waals surface area contributed by atoms with Gasteiger partial charge < -0.3 is 0 Å². The van der Waals surface area contributed by atoms with Gasteiger partial charge >= 0.3 is 0 Å². The van der Waals surface area contributed by atoms with Crippen LogP contribution >= 0.6 is 16.1 Å². The minimum atomic E-state index is -0.259. The number of hydrazine groups is 1. The van der Waals surface area contributed by atoms with Crippen LogP contribution in [-0.4, -0.2) is 9.94 Å². The van der Waals surface area contributed by atoms with Crippen molar-refractivity contribution in [2.45, 2.75) is 0 Å². The smallest absolute Gasteiger partial charge is 0.267 e. The second-order valence-electron chi connectivity index (χ2n) is 1.98. The molecule has 0 saturated heterocycles. The third-order valence-corrected chi connectivity index (χ3v) is 1.54. The summed E-state index contributed by atoms with van der Waals surface area (Å²) in [6, 6.07) is 8.80. The monoisotopic (exact) mass is 214 g/mol. The molecule has 0 unspecified atom stereocenters. The SMILES string of the molecule is NN(Br)C(=O)c1ccccc1. The van der Waals surface area contributed by atoms with Crippen molar-refractivity contribution in [2.75, 3.05) is 0 Å². The summed E-state index contributed by atoms with van der Waals surface area (Å²) in [6.07, 6.45) is 0. The summed E-state index contributed by atoms with van der Waals surface area (Å²) >= 11 is 2.84. The van der Waals surface area contributed by atoms with Crippen molar-refractivity contribution < 1.29 is 4.79 Å². The normalized spacial score (nSPS) is 9.27. The van der Waals surface area contributed by atoms with Crippen LogP contribution < -0.4 is 5.84 Å². The number of halogens is 1. The third kappa shape index (κ3) is 2.03. The number of nitrogens with zero attached hydrogens (tertiary/aromatic N) is 1. The number of carbonyl (C=O) groups is 1. The fourth-order valence-electron chi connectivity index (χ4n) is 0.704. The lowest BCUT2D eigenvalue weighted by atomic mass is 10.2. The quantitative estimate of drug-likeness (QED) is 0.332. The number of amides is 1. The summed E-state index contributed by atoms with van der Waals surface area (Å²) in [4.78, 5) is 11.1. The molecule has 0 saturated carbocycles. The molecule has 0 fully saturated rings. The van der Waals surface area contributed by atoms with Crippen LogP contribution in [0.3, 0.4) is 0 Å². The van der Waals surface area contributed by atoms with E-state index >= 15 is 0 Å². The van der Waals surface area contributed by atoms with Crippen LogP contribution in [0.2, 0.25) is 0 Å². The van der Waals surface area contributed by atoms with E-state index in [1.165, 1.54) is 0 Å². The number of hydrogen-bond acceptors (Lipinski definition) is 2. The first-order valence-electron chi connectivity index (χ1n) is 3.02. The molecule has 3 nitrogen and oxygen atoms in total. The van der Waals surface area contributed by atoms with Gasteiger partial charge in [0.05, 0.1) is 16.1 Å². The predicted molar refractivity (Wildman–Crippen MR) is 45.7 cm³/mol. The molecule has 0 aliphatic heterocycles. The van der Waals surface area contributed by atoms with Crippen molar-refractivity contribution >= 4 is 22.1 Å². The Morgan fingerprint density at radius 3 is 2.36 bits per heavy atom. The maximum atomic E-state index is 11.1. The zero-order valence-corrected chi connectivity index (χ0v) is 7.28. The Morgan fingerprint density at radius 2 is 1.91 bits per heavy atom. The molecule has 0 aliphatic rings. The molecule has 0 bridgehead atoms. The van der Waals surface area contributed by atoms with E-state index in [1.54, 1.807) is 24.3 Å². The number of hydrogen-bond donors (Lipinski definition) is 1. The van der Waals surface area contributed by atoms with Gasteiger partial charge in [-0.25, -0.2) is 9.88 Å². The molecule has 1 amide bonds. The molecular formula is C7H7BrN2O. The molecule has 0 aliphatic carbocycles. The van der Waals surface area contributed by atoms with E-state index in [2.05, 4.69) is 16.1 Å². The van der Waals surface area contributed by atoms with Gasteiger partial charge in [-0.05, 0) is 12.1 Å². The molecule has 58 valence electrons. The van der Waals surface area contributed by atoms with Gasteiger partial charge in [0.2, 0.25) is 0 Å². The molecule has 2 N–H and O–H groups in total. The zero-order chi connectivity index (χ0) is 8.27. The molecule has 0 radical (unpaired) electrons. The van der Waals surface area contributed by atoms with E-state index in [0.29, 0.717) is 5.56 Å². The van der Waals surface area contributed by atoms with Crippen molar-refractivity contribution in [3.8, 4) is 0 Å². The van der Waals surface area contributed by atoms with E-state index in [-0.39, 0.29) is 5.91 Å². The summed E-state index contributed by atoms with van der Waals surface area (Å²) in [5, 5.41) is 0. The van der Waals surface area contributed by atoms with E-state index in [0.717, 1.165) is 4.03 Å². The summed E-state index contributed by atoms with van der Waals surface area (Å²) < 4.78 is 0.877. The van der Waals surface area contributed by atoms with Gasteiger partial charge in [-0.15, -0.1) is 0 Å². The van der Waals surface area contributed by atoms with Crippen molar-refractivity contribution in [3.05, 3.63) is 35.9 Å². The van der Waals surface area contributed by atoms with E-state index < -0.39 is 0 Å². The first-order valence-corrected chi connectivity index (χ1v) is 3.72.